The fraction of sp³-hybridized carbons (Fsp3) is 0.700. The Balaban J connectivity index is 2.16. The molecule has 6 nitrogen and oxygen atoms in total. The van der Waals surface area contributed by atoms with Crippen LogP contribution in [0, 0.1) is 0 Å². The number of aliphatic hydroxyl groups is 1. The lowest BCUT2D eigenvalue weighted by molar-refractivity contribution is -0.0614. The van der Waals surface area contributed by atoms with Crippen molar-refractivity contribution in [2.45, 2.75) is 37.3 Å². The van der Waals surface area contributed by atoms with Gasteiger partial charge < -0.3 is 10.1 Å². The minimum atomic E-state index is -3.52. The second-order valence-electron chi connectivity index (χ2n) is 4.40. The number of nitrogens with zero attached hydrogens (tertiary/aromatic N) is 2. The number of imidazole rings is 1. The number of β-amino-alcohol motifs (C(OH)–C–C–N with tert-alkyl or cyclic N) is 1. The van der Waals surface area contributed by atoms with Crippen LogP contribution in [0.4, 0.5) is 0 Å². The van der Waals surface area contributed by atoms with Gasteiger partial charge in [-0.3, -0.25) is 0 Å². The molecule has 0 amide bonds. The van der Waals surface area contributed by atoms with Gasteiger partial charge in [0, 0.05) is 19.5 Å². The van der Waals surface area contributed by atoms with Crippen molar-refractivity contribution in [1.82, 2.24) is 14.3 Å². The highest BCUT2D eigenvalue weighted by molar-refractivity contribution is 7.89. The largest absolute Gasteiger partial charge is 0.387 e. The van der Waals surface area contributed by atoms with Gasteiger partial charge in [-0.2, -0.15) is 4.31 Å². The highest BCUT2D eigenvalue weighted by atomic mass is 32.2. The molecule has 0 radical (unpaired) electrons. The molecule has 0 aromatic carbocycles. The summed E-state index contributed by atoms with van der Waals surface area (Å²) in [6.07, 6.45) is 2.55. The standard InChI is InChI=1S/C10H17N3O3S/c1-3-8-11-5-9(12-8)17(15,16)13-6-10(14,4-2)7-13/h5,14H,3-4,6-7H2,1-2H3,(H,11,12). The second kappa shape index (κ2) is 4.08. The highest BCUT2D eigenvalue weighted by Crippen LogP contribution is 2.29. The maximum Gasteiger partial charge on any atom is 0.260 e. The molecular weight excluding hydrogens is 242 g/mol. The van der Waals surface area contributed by atoms with Crippen molar-refractivity contribution in [3.05, 3.63) is 12.0 Å². The van der Waals surface area contributed by atoms with E-state index in [-0.39, 0.29) is 18.1 Å². The van der Waals surface area contributed by atoms with Gasteiger partial charge in [0.2, 0.25) is 0 Å². The van der Waals surface area contributed by atoms with Crippen molar-refractivity contribution in [3.63, 3.8) is 0 Å². The summed E-state index contributed by atoms with van der Waals surface area (Å²) in [5, 5.41) is 9.92. The SMILES string of the molecule is CCc1ncc(S(=O)(=O)N2CC(O)(CC)C2)[nH]1. The quantitative estimate of drug-likeness (QED) is 0.804. The fourth-order valence-corrected chi connectivity index (χ4v) is 3.33. The van der Waals surface area contributed by atoms with Crippen LogP contribution < -0.4 is 0 Å². The van der Waals surface area contributed by atoms with Crippen LogP contribution in [0.5, 0.6) is 0 Å². The summed E-state index contributed by atoms with van der Waals surface area (Å²) in [6, 6.07) is 0. The van der Waals surface area contributed by atoms with Crippen molar-refractivity contribution >= 4 is 10.0 Å². The number of sulfonamides is 1. The number of aromatic nitrogens is 2. The molecule has 1 aliphatic rings. The van der Waals surface area contributed by atoms with E-state index in [9.17, 15) is 13.5 Å². The molecule has 0 spiro atoms. The molecule has 2 N–H and O–H groups in total. The number of aromatic amines is 1. The van der Waals surface area contributed by atoms with Crippen molar-refractivity contribution in [2.75, 3.05) is 13.1 Å². The van der Waals surface area contributed by atoms with Gasteiger partial charge in [0.15, 0.2) is 5.03 Å². The summed E-state index contributed by atoms with van der Waals surface area (Å²) >= 11 is 0. The van der Waals surface area contributed by atoms with Crippen LogP contribution >= 0.6 is 0 Å². The summed E-state index contributed by atoms with van der Waals surface area (Å²) in [6.45, 7) is 4.06. The molecule has 1 aliphatic heterocycles. The zero-order valence-electron chi connectivity index (χ0n) is 9.97. The molecule has 1 saturated heterocycles. The maximum absolute atomic E-state index is 12.1. The van der Waals surface area contributed by atoms with Gasteiger partial charge >= 0.3 is 0 Å². The molecule has 0 unspecified atom stereocenters. The predicted molar refractivity (Wildman–Crippen MR) is 62.0 cm³/mol. The van der Waals surface area contributed by atoms with Gasteiger partial charge in [-0.05, 0) is 6.42 Å². The minimum Gasteiger partial charge on any atom is -0.387 e. The Bertz CT molecular complexity index is 503. The Morgan fingerprint density at radius 1 is 1.53 bits per heavy atom. The normalized spacial score (nSPS) is 20.2. The van der Waals surface area contributed by atoms with E-state index in [2.05, 4.69) is 9.97 Å². The smallest absolute Gasteiger partial charge is 0.260 e. The number of nitrogens with one attached hydrogen (secondary N) is 1. The Kier molecular flexibility index (Phi) is 3.01. The third-order valence-electron chi connectivity index (χ3n) is 3.16. The lowest BCUT2D eigenvalue weighted by atomic mass is 9.94. The minimum absolute atomic E-state index is 0.104. The number of aryl methyl sites for hydroxylation is 1. The average Bonchev–Trinajstić information content (AvgIpc) is 2.73. The number of rotatable bonds is 4. The van der Waals surface area contributed by atoms with E-state index in [1.165, 1.54) is 10.5 Å². The summed E-state index contributed by atoms with van der Waals surface area (Å²) in [5.74, 6) is 0.648. The average molecular weight is 259 g/mol. The van der Waals surface area contributed by atoms with Crippen LogP contribution in [0.1, 0.15) is 26.1 Å². The summed E-state index contributed by atoms with van der Waals surface area (Å²) in [7, 11) is -3.52. The molecule has 0 saturated carbocycles. The zero-order chi connectivity index (χ0) is 12.7. The van der Waals surface area contributed by atoms with Gasteiger partial charge in [-0.15, -0.1) is 0 Å². The lowest BCUT2D eigenvalue weighted by Gasteiger charge is -2.44. The van der Waals surface area contributed by atoms with Crippen LogP contribution in [0.25, 0.3) is 0 Å². The molecule has 0 bridgehead atoms. The fourth-order valence-electron chi connectivity index (χ4n) is 1.80. The van der Waals surface area contributed by atoms with Crippen LogP contribution in [-0.4, -0.2) is 46.5 Å². The summed E-state index contributed by atoms with van der Waals surface area (Å²) in [5.41, 5.74) is -0.860. The number of H-pyrrole nitrogens is 1. The molecular formula is C10H17N3O3S. The molecule has 1 aromatic heterocycles. The number of hydrogen-bond acceptors (Lipinski definition) is 4. The van der Waals surface area contributed by atoms with Gasteiger partial charge in [-0.1, -0.05) is 13.8 Å². The first-order chi connectivity index (χ1) is 7.91. The summed E-state index contributed by atoms with van der Waals surface area (Å²) < 4.78 is 25.4. The molecule has 0 atom stereocenters. The van der Waals surface area contributed by atoms with Crippen LogP contribution in [0.3, 0.4) is 0 Å². The van der Waals surface area contributed by atoms with Crippen LogP contribution in [-0.2, 0) is 16.4 Å². The first kappa shape index (κ1) is 12.5. The van der Waals surface area contributed by atoms with E-state index in [1.807, 2.05) is 13.8 Å². The second-order valence-corrected chi connectivity index (χ2v) is 6.31. The van der Waals surface area contributed by atoms with Crippen molar-refractivity contribution in [3.8, 4) is 0 Å². The van der Waals surface area contributed by atoms with E-state index in [1.54, 1.807) is 0 Å². The van der Waals surface area contributed by atoms with Crippen LogP contribution in [0.15, 0.2) is 11.2 Å². The third-order valence-corrected chi connectivity index (χ3v) is 4.86. The summed E-state index contributed by atoms with van der Waals surface area (Å²) in [4.78, 5) is 6.75. The molecule has 7 heteroatoms. The van der Waals surface area contributed by atoms with E-state index < -0.39 is 15.6 Å². The number of hydrogen-bond donors (Lipinski definition) is 2. The van der Waals surface area contributed by atoms with Gasteiger partial charge in [0.25, 0.3) is 10.0 Å². The first-order valence-corrected chi connectivity index (χ1v) is 7.12. The van der Waals surface area contributed by atoms with Crippen molar-refractivity contribution in [1.29, 1.82) is 0 Å². The molecule has 2 rings (SSSR count). The molecule has 2 heterocycles. The Morgan fingerprint density at radius 3 is 2.65 bits per heavy atom. The molecule has 0 aliphatic carbocycles. The van der Waals surface area contributed by atoms with Gasteiger partial charge in [-0.25, -0.2) is 13.4 Å². The highest BCUT2D eigenvalue weighted by Gasteiger charge is 2.46. The van der Waals surface area contributed by atoms with Crippen molar-refractivity contribution in [2.24, 2.45) is 0 Å². The van der Waals surface area contributed by atoms with E-state index in [0.717, 1.165) is 0 Å². The van der Waals surface area contributed by atoms with Gasteiger partial charge in [0.05, 0.1) is 11.8 Å². The molecule has 1 aromatic rings. The van der Waals surface area contributed by atoms with E-state index >= 15 is 0 Å². The van der Waals surface area contributed by atoms with Crippen LogP contribution in [0.2, 0.25) is 0 Å². The first-order valence-electron chi connectivity index (χ1n) is 5.68. The van der Waals surface area contributed by atoms with E-state index in [4.69, 9.17) is 0 Å². The van der Waals surface area contributed by atoms with Crippen molar-refractivity contribution < 1.29 is 13.5 Å². The maximum atomic E-state index is 12.1. The van der Waals surface area contributed by atoms with E-state index in [0.29, 0.717) is 18.7 Å². The lowest BCUT2D eigenvalue weighted by Crippen LogP contribution is -2.62. The molecule has 1 fully saturated rings. The topological polar surface area (TPSA) is 86.3 Å². The molecule has 96 valence electrons. The van der Waals surface area contributed by atoms with Gasteiger partial charge in [0.1, 0.15) is 5.82 Å². The monoisotopic (exact) mass is 259 g/mol. The Hall–Kier alpha value is -0.920. The molecule has 17 heavy (non-hydrogen) atoms. The third kappa shape index (κ3) is 2.10. The Morgan fingerprint density at radius 2 is 2.18 bits per heavy atom. The zero-order valence-corrected chi connectivity index (χ0v) is 10.8. The predicted octanol–water partition coefficient (Wildman–Crippen LogP) is 0.117. The Labute approximate surface area is 101 Å².